The summed E-state index contributed by atoms with van der Waals surface area (Å²) >= 11 is 0. The lowest BCUT2D eigenvalue weighted by Crippen LogP contribution is -2.30. The zero-order valence-corrected chi connectivity index (χ0v) is 11.1. The average Bonchev–Trinajstić information content (AvgIpc) is 2.46. The summed E-state index contributed by atoms with van der Waals surface area (Å²) in [6.45, 7) is 0.753. The molecule has 2 nitrogen and oxygen atoms in total. The molecule has 0 amide bonds. The van der Waals surface area contributed by atoms with Gasteiger partial charge in [-0.1, -0.05) is 18.2 Å². The zero-order chi connectivity index (χ0) is 15.0. The minimum Gasteiger partial charge on any atom is -0.508 e. The van der Waals surface area contributed by atoms with Crippen molar-refractivity contribution in [3.8, 4) is 5.75 Å². The van der Waals surface area contributed by atoms with E-state index >= 15 is 0 Å². The highest BCUT2D eigenvalue weighted by Crippen LogP contribution is 2.34. The SMILES string of the molecule is Oc1ccc2c(c1)C(c1ccc(C(F)(F)F)cc1)NCC2. The van der Waals surface area contributed by atoms with E-state index in [0.717, 1.165) is 41.8 Å². The number of fused-ring (bicyclic) bond motifs is 1. The summed E-state index contributed by atoms with van der Waals surface area (Å²) in [6.07, 6.45) is -3.48. The molecule has 1 atom stereocenters. The second kappa shape index (κ2) is 5.07. The van der Waals surface area contributed by atoms with Crippen LogP contribution in [0.25, 0.3) is 0 Å². The third-order valence-electron chi connectivity index (χ3n) is 3.75. The fourth-order valence-electron chi connectivity index (χ4n) is 2.70. The second-order valence-corrected chi connectivity index (χ2v) is 5.14. The molecule has 0 saturated heterocycles. The molecule has 0 radical (unpaired) electrons. The number of halogens is 3. The van der Waals surface area contributed by atoms with Crippen molar-refractivity contribution in [2.75, 3.05) is 6.54 Å². The number of nitrogens with one attached hydrogen (secondary N) is 1. The summed E-state index contributed by atoms with van der Waals surface area (Å²) in [5.74, 6) is 0.161. The number of benzene rings is 2. The van der Waals surface area contributed by atoms with Crippen LogP contribution in [0, 0.1) is 0 Å². The molecule has 1 aliphatic rings. The lowest BCUT2D eigenvalue weighted by atomic mass is 9.89. The Morgan fingerprint density at radius 2 is 1.76 bits per heavy atom. The summed E-state index contributed by atoms with van der Waals surface area (Å²) < 4.78 is 37.8. The third kappa shape index (κ3) is 2.74. The van der Waals surface area contributed by atoms with E-state index in [1.165, 1.54) is 12.1 Å². The molecule has 0 saturated carbocycles. The normalized spacial score (nSPS) is 18.3. The Morgan fingerprint density at radius 3 is 2.43 bits per heavy atom. The zero-order valence-electron chi connectivity index (χ0n) is 11.1. The molecule has 2 N–H and O–H groups in total. The minimum atomic E-state index is -4.32. The molecule has 0 aromatic heterocycles. The molecule has 0 fully saturated rings. The van der Waals surface area contributed by atoms with Gasteiger partial charge in [0.2, 0.25) is 0 Å². The van der Waals surface area contributed by atoms with E-state index in [9.17, 15) is 18.3 Å². The van der Waals surface area contributed by atoms with Crippen molar-refractivity contribution in [2.45, 2.75) is 18.6 Å². The predicted octanol–water partition coefficient (Wildman–Crippen LogP) is 3.65. The first-order chi connectivity index (χ1) is 9.95. The van der Waals surface area contributed by atoms with E-state index in [-0.39, 0.29) is 11.8 Å². The van der Waals surface area contributed by atoms with Crippen LogP contribution in [-0.4, -0.2) is 11.7 Å². The monoisotopic (exact) mass is 293 g/mol. The molecule has 0 spiro atoms. The molecular formula is C16H14F3NO. The van der Waals surface area contributed by atoms with Gasteiger partial charge in [-0.25, -0.2) is 0 Å². The minimum absolute atomic E-state index is 0.161. The van der Waals surface area contributed by atoms with E-state index in [1.54, 1.807) is 12.1 Å². The number of alkyl halides is 3. The van der Waals surface area contributed by atoms with E-state index in [4.69, 9.17) is 0 Å². The number of phenols is 1. The fraction of sp³-hybridized carbons (Fsp3) is 0.250. The number of hydrogen-bond acceptors (Lipinski definition) is 2. The summed E-state index contributed by atoms with van der Waals surface area (Å²) in [5.41, 5.74) is 2.13. The maximum atomic E-state index is 12.6. The van der Waals surface area contributed by atoms with Gasteiger partial charge >= 0.3 is 6.18 Å². The first-order valence-corrected chi connectivity index (χ1v) is 6.67. The summed E-state index contributed by atoms with van der Waals surface area (Å²) in [7, 11) is 0. The Bertz CT molecular complexity index is 650. The van der Waals surface area contributed by atoms with Gasteiger partial charge in [0.05, 0.1) is 11.6 Å². The highest BCUT2D eigenvalue weighted by molar-refractivity contribution is 5.44. The van der Waals surface area contributed by atoms with Crippen LogP contribution in [0.4, 0.5) is 13.2 Å². The summed E-state index contributed by atoms with van der Waals surface area (Å²) in [6, 6.07) is 10.1. The highest BCUT2D eigenvalue weighted by Gasteiger charge is 2.30. The Balaban J connectivity index is 1.97. The van der Waals surface area contributed by atoms with Crippen molar-refractivity contribution in [2.24, 2.45) is 0 Å². The van der Waals surface area contributed by atoms with Gasteiger partial charge in [-0.2, -0.15) is 13.2 Å². The molecule has 21 heavy (non-hydrogen) atoms. The van der Waals surface area contributed by atoms with E-state index in [2.05, 4.69) is 5.32 Å². The highest BCUT2D eigenvalue weighted by atomic mass is 19.4. The van der Waals surface area contributed by atoms with E-state index in [1.807, 2.05) is 6.07 Å². The van der Waals surface area contributed by atoms with Crippen LogP contribution in [0.5, 0.6) is 5.75 Å². The molecule has 1 heterocycles. The molecule has 110 valence electrons. The number of rotatable bonds is 1. The molecular weight excluding hydrogens is 279 g/mol. The van der Waals surface area contributed by atoms with Gasteiger partial charge in [0, 0.05) is 6.54 Å². The molecule has 3 rings (SSSR count). The van der Waals surface area contributed by atoms with Gasteiger partial charge in [-0.05, 0) is 47.4 Å². The van der Waals surface area contributed by atoms with Gasteiger partial charge in [0.15, 0.2) is 0 Å². The van der Waals surface area contributed by atoms with Crippen LogP contribution >= 0.6 is 0 Å². The first-order valence-electron chi connectivity index (χ1n) is 6.67. The smallest absolute Gasteiger partial charge is 0.416 e. The molecule has 0 aliphatic carbocycles. The number of hydrogen-bond donors (Lipinski definition) is 2. The van der Waals surface area contributed by atoms with Gasteiger partial charge in [0.25, 0.3) is 0 Å². The maximum Gasteiger partial charge on any atom is 0.416 e. The number of aromatic hydroxyl groups is 1. The Hall–Kier alpha value is -2.01. The van der Waals surface area contributed by atoms with E-state index in [0.29, 0.717) is 0 Å². The topological polar surface area (TPSA) is 32.3 Å². The van der Waals surface area contributed by atoms with E-state index < -0.39 is 11.7 Å². The molecule has 5 heteroatoms. The van der Waals surface area contributed by atoms with Crippen LogP contribution in [0.15, 0.2) is 42.5 Å². The maximum absolute atomic E-state index is 12.6. The average molecular weight is 293 g/mol. The van der Waals surface area contributed by atoms with Gasteiger partial charge < -0.3 is 10.4 Å². The quantitative estimate of drug-likeness (QED) is 0.841. The third-order valence-corrected chi connectivity index (χ3v) is 3.75. The van der Waals surface area contributed by atoms with Crippen LogP contribution in [0.3, 0.4) is 0 Å². The Kier molecular flexibility index (Phi) is 3.37. The van der Waals surface area contributed by atoms with Crippen molar-refractivity contribution < 1.29 is 18.3 Å². The molecule has 0 bridgehead atoms. The molecule has 1 unspecified atom stereocenters. The standard InChI is InChI=1S/C16H14F3NO/c17-16(18,19)12-4-1-11(2-5-12)15-14-9-13(21)6-3-10(14)7-8-20-15/h1-6,9,15,20-21H,7-8H2. The van der Waals surface area contributed by atoms with Crippen molar-refractivity contribution >= 4 is 0 Å². The van der Waals surface area contributed by atoms with Crippen molar-refractivity contribution in [3.05, 3.63) is 64.7 Å². The fourth-order valence-corrected chi connectivity index (χ4v) is 2.70. The number of phenolic OH excluding ortho intramolecular Hbond substituents is 1. The lowest BCUT2D eigenvalue weighted by molar-refractivity contribution is -0.137. The van der Waals surface area contributed by atoms with Crippen LogP contribution in [-0.2, 0) is 12.6 Å². The summed E-state index contributed by atoms with van der Waals surface area (Å²) in [5, 5.41) is 12.9. The molecule has 2 aromatic carbocycles. The lowest BCUT2D eigenvalue weighted by Gasteiger charge is -2.27. The largest absolute Gasteiger partial charge is 0.508 e. The molecule has 2 aromatic rings. The summed E-state index contributed by atoms with van der Waals surface area (Å²) in [4.78, 5) is 0. The Morgan fingerprint density at radius 1 is 1.05 bits per heavy atom. The van der Waals surface area contributed by atoms with Crippen LogP contribution in [0.2, 0.25) is 0 Å². The van der Waals surface area contributed by atoms with Crippen molar-refractivity contribution in [1.82, 2.24) is 5.32 Å². The van der Waals surface area contributed by atoms with Crippen molar-refractivity contribution in [1.29, 1.82) is 0 Å². The van der Waals surface area contributed by atoms with Crippen LogP contribution < -0.4 is 5.32 Å². The first kappa shape index (κ1) is 13.9. The Labute approximate surface area is 120 Å². The second-order valence-electron chi connectivity index (χ2n) is 5.14. The van der Waals surface area contributed by atoms with Crippen molar-refractivity contribution in [3.63, 3.8) is 0 Å². The van der Waals surface area contributed by atoms with Gasteiger partial charge in [-0.3, -0.25) is 0 Å². The van der Waals surface area contributed by atoms with Gasteiger partial charge in [0.1, 0.15) is 5.75 Å². The van der Waals surface area contributed by atoms with Crippen LogP contribution in [0.1, 0.15) is 28.3 Å². The molecule has 1 aliphatic heterocycles. The van der Waals surface area contributed by atoms with Gasteiger partial charge in [-0.15, -0.1) is 0 Å². The predicted molar refractivity (Wildman–Crippen MR) is 73.1 cm³/mol.